The van der Waals surface area contributed by atoms with Gasteiger partial charge in [0.1, 0.15) is 5.75 Å². The number of nitrogens with zero attached hydrogens (tertiary/aromatic N) is 1. The van der Waals surface area contributed by atoms with Crippen LogP contribution in [0, 0.1) is 0 Å². The monoisotopic (exact) mass is 437 g/mol. The van der Waals surface area contributed by atoms with Crippen molar-refractivity contribution < 1.29 is 19.0 Å². The van der Waals surface area contributed by atoms with E-state index in [-0.39, 0.29) is 11.9 Å². The predicted octanol–water partition coefficient (Wildman–Crippen LogP) is 5.10. The maximum Gasteiger partial charge on any atom is 0.223 e. The minimum atomic E-state index is -0.105. The van der Waals surface area contributed by atoms with Gasteiger partial charge in [-0.2, -0.15) is 0 Å². The van der Waals surface area contributed by atoms with Crippen LogP contribution in [0.3, 0.4) is 0 Å². The molecule has 0 saturated heterocycles. The van der Waals surface area contributed by atoms with Crippen LogP contribution < -0.4 is 14.2 Å². The topological polar surface area (TPSA) is 48.0 Å². The van der Waals surface area contributed by atoms with Crippen LogP contribution in [0.4, 0.5) is 0 Å². The maximum absolute atomic E-state index is 13.2. The molecule has 1 atom stereocenters. The van der Waals surface area contributed by atoms with Crippen LogP contribution in [0.2, 0.25) is 0 Å². The summed E-state index contributed by atoms with van der Waals surface area (Å²) < 4.78 is 16.8. The van der Waals surface area contributed by atoms with Crippen LogP contribution in [0.15, 0.2) is 60.0 Å². The first-order valence-electron chi connectivity index (χ1n) is 10.5. The average Bonchev–Trinajstić information content (AvgIpc) is 3.35. The summed E-state index contributed by atoms with van der Waals surface area (Å²) >= 11 is 1.67. The Hall–Kier alpha value is -2.99. The quantitative estimate of drug-likeness (QED) is 0.460. The normalized spacial score (nSPS) is 15.3. The van der Waals surface area contributed by atoms with E-state index in [1.165, 1.54) is 5.56 Å². The molecule has 2 aromatic carbocycles. The number of para-hydroxylation sites is 1. The molecule has 0 saturated carbocycles. The number of carbonyl (C=O) groups is 1. The summed E-state index contributed by atoms with van der Waals surface area (Å²) in [7, 11) is 3.29. The van der Waals surface area contributed by atoms with Crippen molar-refractivity contribution in [2.45, 2.75) is 25.3 Å². The molecule has 0 N–H and O–H groups in total. The van der Waals surface area contributed by atoms with Gasteiger partial charge in [-0.15, -0.1) is 11.3 Å². The van der Waals surface area contributed by atoms with Crippen molar-refractivity contribution in [1.82, 2.24) is 4.90 Å². The van der Waals surface area contributed by atoms with Gasteiger partial charge in [0.05, 0.1) is 26.9 Å². The van der Waals surface area contributed by atoms with Crippen molar-refractivity contribution in [1.29, 1.82) is 0 Å². The number of benzene rings is 2. The van der Waals surface area contributed by atoms with Gasteiger partial charge in [-0.1, -0.05) is 24.3 Å². The van der Waals surface area contributed by atoms with Crippen molar-refractivity contribution in [3.63, 3.8) is 0 Å². The third-order valence-electron chi connectivity index (χ3n) is 5.55. The SMILES string of the molecule is COc1cc2c(cc1OC)C(c1cccs1)N(C(=O)CCCOc1ccccc1)CC2. The first-order valence-corrected chi connectivity index (χ1v) is 11.3. The van der Waals surface area contributed by atoms with Gasteiger partial charge in [-0.05, 0) is 59.7 Å². The van der Waals surface area contributed by atoms with Crippen molar-refractivity contribution in [2.24, 2.45) is 0 Å². The molecule has 0 fully saturated rings. The third-order valence-corrected chi connectivity index (χ3v) is 6.48. The highest BCUT2D eigenvalue weighted by Gasteiger charge is 2.33. The van der Waals surface area contributed by atoms with Crippen LogP contribution in [0.25, 0.3) is 0 Å². The summed E-state index contributed by atoms with van der Waals surface area (Å²) in [6.07, 6.45) is 1.93. The van der Waals surface area contributed by atoms with E-state index in [0.29, 0.717) is 31.7 Å². The molecule has 3 aromatic rings. The maximum atomic E-state index is 13.2. The van der Waals surface area contributed by atoms with Gasteiger partial charge < -0.3 is 19.1 Å². The van der Waals surface area contributed by atoms with Crippen LogP contribution in [-0.2, 0) is 11.2 Å². The number of methoxy groups -OCH3 is 2. The molecular weight excluding hydrogens is 410 g/mol. The van der Waals surface area contributed by atoms with Crippen molar-refractivity contribution in [3.8, 4) is 17.2 Å². The first kappa shape index (κ1) is 21.2. The van der Waals surface area contributed by atoms with Crippen molar-refractivity contribution in [3.05, 3.63) is 76.0 Å². The first-order chi connectivity index (χ1) is 15.2. The molecular formula is C25H27NO4S. The molecule has 1 aliphatic rings. The van der Waals surface area contributed by atoms with Crippen molar-refractivity contribution >= 4 is 17.2 Å². The van der Waals surface area contributed by atoms with Gasteiger partial charge in [0, 0.05) is 17.8 Å². The molecule has 6 heteroatoms. The Morgan fingerprint density at radius 2 is 1.84 bits per heavy atom. The summed E-state index contributed by atoms with van der Waals surface area (Å²) in [4.78, 5) is 16.4. The Labute approximate surface area is 187 Å². The van der Waals surface area contributed by atoms with Gasteiger partial charge in [-0.25, -0.2) is 0 Å². The zero-order valence-electron chi connectivity index (χ0n) is 17.9. The molecule has 0 radical (unpaired) electrons. The number of fused-ring (bicyclic) bond motifs is 1. The number of amides is 1. The third kappa shape index (κ3) is 4.69. The molecule has 1 unspecified atom stereocenters. The lowest BCUT2D eigenvalue weighted by atomic mass is 9.90. The minimum Gasteiger partial charge on any atom is -0.494 e. The minimum absolute atomic E-state index is 0.105. The van der Waals surface area contributed by atoms with Gasteiger partial charge in [0.25, 0.3) is 0 Å². The number of hydrogen-bond donors (Lipinski definition) is 0. The predicted molar refractivity (Wildman–Crippen MR) is 122 cm³/mol. The van der Waals surface area contributed by atoms with E-state index in [1.54, 1.807) is 25.6 Å². The Morgan fingerprint density at radius 3 is 2.55 bits per heavy atom. The molecule has 2 heterocycles. The molecule has 0 aliphatic carbocycles. The zero-order valence-corrected chi connectivity index (χ0v) is 18.7. The largest absolute Gasteiger partial charge is 0.494 e. The molecule has 1 aliphatic heterocycles. The van der Waals surface area contributed by atoms with E-state index in [0.717, 1.165) is 28.4 Å². The standard InChI is InChI=1S/C25H27NO4S/c1-28-21-16-18-12-13-26(24(27)11-6-14-30-19-8-4-3-5-9-19)25(23-10-7-15-31-23)20(18)17-22(21)29-2/h3-5,7-10,15-17,25H,6,11-14H2,1-2H3. The van der Waals surface area contributed by atoms with Gasteiger partial charge >= 0.3 is 0 Å². The average molecular weight is 438 g/mol. The molecule has 162 valence electrons. The number of carbonyl (C=O) groups excluding carboxylic acids is 1. The van der Waals surface area contributed by atoms with Crippen molar-refractivity contribution in [2.75, 3.05) is 27.4 Å². The number of ether oxygens (including phenoxy) is 3. The molecule has 1 aromatic heterocycles. The highest BCUT2D eigenvalue weighted by Crippen LogP contribution is 2.42. The van der Waals surface area contributed by atoms with Gasteiger partial charge in [0.2, 0.25) is 5.91 Å². The molecule has 4 rings (SSSR count). The second-order valence-electron chi connectivity index (χ2n) is 7.43. The van der Waals surface area contributed by atoms with E-state index in [1.807, 2.05) is 53.4 Å². The lowest BCUT2D eigenvalue weighted by Crippen LogP contribution is -2.40. The number of rotatable bonds is 8. The Bertz CT molecular complexity index is 1000. The smallest absolute Gasteiger partial charge is 0.223 e. The number of hydrogen-bond acceptors (Lipinski definition) is 5. The van der Waals surface area contributed by atoms with Crippen LogP contribution in [0.1, 0.15) is 34.9 Å². The molecule has 31 heavy (non-hydrogen) atoms. The zero-order chi connectivity index (χ0) is 21.6. The fraction of sp³-hybridized carbons (Fsp3) is 0.320. The Kier molecular flexibility index (Phi) is 6.77. The second-order valence-corrected chi connectivity index (χ2v) is 8.41. The van der Waals surface area contributed by atoms with E-state index >= 15 is 0 Å². The van der Waals surface area contributed by atoms with Gasteiger partial charge in [0.15, 0.2) is 11.5 Å². The van der Waals surface area contributed by atoms with E-state index in [4.69, 9.17) is 14.2 Å². The van der Waals surface area contributed by atoms with E-state index in [9.17, 15) is 4.79 Å². The Morgan fingerprint density at radius 1 is 1.06 bits per heavy atom. The van der Waals surface area contributed by atoms with Gasteiger partial charge in [-0.3, -0.25) is 4.79 Å². The summed E-state index contributed by atoms with van der Waals surface area (Å²) in [5, 5.41) is 2.06. The molecule has 1 amide bonds. The van der Waals surface area contributed by atoms with E-state index in [2.05, 4.69) is 11.4 Å². The summed E-state index contributed by atoms with van der Waals surface area (Å²) in [6.45, 7) is 1.21. The fourth-order valence-electron chi connectivity index (χ4n) is 4.04. The number of thiophene rings is 1. The van der Waals surface area contributed by atoms with Crippen LogP contribution in [0.5, 0.6) is 17.2 Å². The van der Waals surface area contributed by atoms with E-state index < -0.39 is 0 Å². The lowest BCUT2D eigenvalue weighted by Gasteiger charge is -2.37. The second kappa shape index (κ2) is 9.88. The molecule has 0 spiro atoms. The fourth-order valence-corrected chi connectivity index (χ4v) is 4.90. The van der Waals surface area contributed by atoms with Crippen LogP contribution >= 0.6 is 11.3 Å². The summed E-state index contributed by atoms with van der Waals surface area (Å²) in [5.74, 6) is 2.40. The Balaban J connectivity index is 1.51. The highest BCUT2D eigenvalue weighted by molar-refractivity contribution is 7.10. The summed E-state index contributed by atoms with van der Waals surface area (Å²) in [6, 6.07) is 17.8. The van der Waals surface area contributed by atoms with Crippen LogP contribution in [-0.4, -0.2) is 38.2 Å². The lowest BCUT2D eigenvalue weighted by molar-refractivity contribution is -0.133. The molecule has 0 bridgehead atoms. The molecule has 5 nitrogen and oxygen atoms in total. The highest BCUT2D eigenvalue weighted by atomic mass is 32.1. The summed E-state index contributed by atoms with van der Waals surface area (Å²) in [5.41, 5.74) is 2.31.